The first-order valence-electron chi connectivity index (χ1n) is 10.5. The fourth-order valence-corrected chi connectivity index (χ4v) is 4.78. The first kappa shape index (κ1) is 20.7. The van der Waals surface area contributed by atoms with Crippen molar-refractivity contribution in [2.75, 3.05) is 18.4 Å². The number of rotatable bonds is 4. The molecule has 0 bridgehead atoms. The summed E-state index contributed by atoms with van der Waals surface area (Å²) in [5.41, 5.74) is 3.30. The van der Waals surface area contributed by atoms with E-state index in [1.807, 2.05) is 46.4 Å². The van der Waals surface area contributed by atoms with Crippen LogP contribution in [0.4, 0.5) is 5.69 Å². The number of carbonyl (C=O) groups is 2. The number of hydrogen-bond acceptors (Lipinski definition) is 4. The molecular weight excluding hydrogens is 444 g/mol. The van der Waals surface area contributed by atoms with E-state index in [1.54, 1.807) is 40.5 Å². The maximum absolute atomic E-state index is 12.7. The molecule has 0 radical (unpaired) electrons. The number of nitrogens with zero attached hydrogens (tertiary/aromatic N) is 3. The molecule has 1 fully saturated rings. The molecule has 6 nitrogen and oxygen atoms in total. The molecule has 0 aliphatic carbocycles. The van der Waals surface area contributed by atoms with E-state index >= 15 is 0 Å². The van der Waals surface area contributed by atoms with Crippen molar-refractivity contribution in [2.45, 2.75) is 12.8 Å². The number of thiazole rings is 1. The first-order valence-corrected chi connectivity index (χ1v) is 11.7. The summed E-state index contributed by atoms with van der Waals surface area (Å²) >= 11 is 7.50. The topological polar surface area (TPSA) is 66.7 Å². The molecule has 2 aromatic heterocycles. The van der Waals surface area contributed by atoms with Crippen LogP contribution in [0.3, 0.4) is 0 Å². The Morgan fingerprint density at radius 3 is 2.44 bits per heavy atom. The van der Waals surface area contributed by atoms with Crippen LogP contribution in [-0.4, -0.2) is 39.2 Å². The van der Waals surface area contributed by atoms with E-state index in [2.05, 4.69) is 10.3 Å². The molecule has 0 spiro atoms. The van der Waals surface area contributed by atoms with Crippen LogP contribution in [0.15, 0.2) is 66.3 Å². The zero-order valence-corrected chi connectivity index (χ0v) is 18.8. The molecule has 4 aromatic rings. The number of anilines is 1. The number of hydrogen-bond donors (Lipinski definition) is 1. The molecule has 2 amide bonds. The second kappa shape index (κ2) is 8.76. The smallest absolute Gasteiger partial charge is 0.253 e. The van der Waals surface area contributed by atoms with Crippen LogP contribution in [0.2, 0.25) is 5.02 Å². The summed E-state index contributed by atoms with van der Waals surface area (Å²) in [6.07, 6.45) is 5.28. The zero-order valence-electron chi connectivity index (χ0n) is 17.2. The van der Waals surface area contributed by atoms with E-state index in [-0.39, 0.29) is 17.7 Å². The number of likely N-dealkylation sites (tertiary alicyclic amines) is 1. The first-order chi connectivity index (χ1) is 15.6. The molecule has 32 heavy (non-hydrogen) atoms. The number of imidazole rings is 1. The Bertz CT molecular complexity index is 1230. The fraction of sp³-hybridized carbons (Fsp3) is 0.208. The lowest BCUT2D eigenvalue weighted by atomic mass is 9.95. The van der Waals surface area contributed by atoms with E-state index in [1.165, 1.54) is 0 Å². The highest BCUT2D eigenvalue weighted by Crippen LogP contribution is 2.25. The van der Waals surface area contributed by atoms with Gasteiger partial charge in [-0.15, -0.1) is 11.3 Å². The van der Waals surface area contributed by atoms with E-state index in [0.717, 1.165) is 21.9 Å². The molecule has 0 unspecified atom stereocenters. The summed E-state index contributed by atoms with van der Waals surface area (Å²) in [6.45, 7) is 1.13. The number of aromatic nitrogens is 2. The summed E-state index contributed by atoms with van der Waals surface area (Å²) in [4.78, 5) is 32.8. The van der Waals surface area contributed by atoms with Gasteiger partial charge >= 0.3 is 0 Å². The third-order valence-electron chi connectivity index (χ3n) is 5.79. The summed E-state index contributed by atoms with van der Waals surface area (Å²) in [5, 5.41) is 5.62. The van der Waals surface area contributed by atoms with Gasteiger partial charge in [-0.3, -0.25) is 14.0 Å². The summed E-state index contributed by atoms with van der Waals surface area (Å²) in [7, 11) is 0. The molecule has 1 N–H and O–H groups in total. The summed E-state index contributed by atoms with van der Waals surface area (Å²) in [6, 6.07) is 14.6. The van der Waals surface area contributed by atoms with Crippen LogP contribution in [0.1, 0.15) is 23.2 Å². The SMILES string of the molecule is O=C(Nc1ccc(-c2cn3ccsc3n2)cc1)C1CCN(C(=O)c2ccc(Cl)cc2)CC1. The van der Waals surface area contributed by atoms with Crippen molar-refractivity contribution in [2.24, 2.45) is 5.92 Å². The van der Waals surface area contributed by atoms with Crippen molar-refractivity contribution >= 4 is 45.4 Å². The van der Waals surface area contributed by atoms with Crippen LogP contribution in [0, 0.1) is 5.92 Å². The number of fused-ring (bicyclic) bond motifs is 1. The Labute approximate surface area is 194 Å². The minimum absolute atomic E-state index is 0.00107. The normalized spacial score (nSPS) is 14.6. The quantitative estimate of drug-likeness (QED) is 0.451. The van der Waals surface area contributed by atoms with Gasteiger partial charge in [0, 0.05) is 58.6 Å². The number of amides is 2. The Morgan fingerprint density at radius 2 is 1.75 bits per heavy atom. The van der Waals surface area contributed by atoms with Crippen LogP contribution in [0.5, 0.6) is 0 Å². The van der Waals surface area contributed by atoms with Gasteiger partial charge in [-0.2, -0.15) is 0 Å². The highest BCUT2D eigenvalue weighted by atomic mass is 35.5. The summed E-state index contributed by atoms with van der Waals surface area (Å²) < 4.78 is 2.00. The van der Waals surface area contributed by atoms with Crippen molar-refractivity contribution in [3.63, 3.8) is 0 Å². The van der Waals surface area contributed by atoms with E-state index in [4.69, 9.17) is 11.6 Å². The second-order valence-corrected chi connectivity index (χ2v) is 9.17. The monoisotopic (exact) mass is 464 g/mol. The van der Waals surface area contributed by atoms with Crippen molar-refractivity contribution in [3.8, 4) is 11.3 Å². The fourth-order valence-electron chi connectivity index (χ4n) is 3.96. The number of nitrogens with one attached hydrogen (secondary N) is 1. The van der Waals surface area contributed by atoms with Crippen molar-refractivity contribution in [1.29, 1.82) is 0 Å². The van der Waals surface area contributed by atoms with Gasteiger partial charge in [-0.25, -0.2) is 4.98 Å². The molecule has 5 rings (SSSR count). The Morgan fingerprint density at radius 1 is 1.03 bits per heavy atom. The Kier molecular flexibility index (Phi) is 5.68. The number of piperidine rings is 1. The lowest BCUT2D eigenvalue weighted by Gasteiger charge is -2.31. The van der Waals surface area contributed by atoms with Crippen molar-refractivity contribution < 1.29 is 9.59 Å². The van der Waals surface area contributed by atoms with Gasteiger partial charge in [-0.1, -0.05) is 23.7 Å². The number of benzene rings is 2. The third-order valence-corrected chi connectivity index (χ3v) is 6.81. The molecule has 3 heterocycles. The van der Waals surface area contributed by atoms with Gasteiger partial charge in [0.25, 0.3) is 5.91 Å². The molecule has 2 aromatic carbocycles. The average Bonchev–Trinajstić information content (AvgIpc) is 3.42. The molecule has 1 aliphatic heterocycles. The van der Waals surface area contributed by atoms with E-state index < -0.39 is 0 Å². The van der Waals surface area contributed by atoms with Crippen LogP contribution >= 0.6 is 22.9 Å². The van der Waals surface area contributed by atoms with E-state index in [9.17, 15) is 9.59 Å². The summed E-state index contributed by atoms with van der Waals surface area (Å²) in [5.74, 6) is -0.127. The van der Waals surface area contributed by atoms with Gasteiger partial charge in [0.15, 0.2) is 4.96 Å². The van der Waals surface area contributed by atoms with Gasteiger partial charge < -0.3 is 10.2 Å². The molecular formula is C24H21ClN4O2S. The molecule has 1 saturated heterocycles. The maximum atomic E-state index is 12.7. The predicted molar refractivity (Wildman–Crippen MR) is 127 cm³/mol. The molecule has 0 saturated carbocycles. The van der Waals surface area contributed by atoms with Crippen molar-refractivity contribution in [3.05, 3.63) is 76.9 Å². The predicted octanol–water partition coefficient (Wildman–Crippen LogP) is 5.21. The average molecular weight is 465 g/mol. The van der Waals surface area contributed by atoms with Gasteiger partial charge in [0.2, 0.25) is 5.91 Å². The highest BCUT2D eigenvalue weighted by molar-refractivity contribution is 7.15. The standard InChI is InChI=1S/C24H21ClN4O2S/c25-19-5-1-18(2-6-19)23(31)28-11-9-17(10-12-28)22(30)26-20-7-3-16(4-8-20)21-15-29-13-14-32-24(29)27-21/h1-8,13-15,17H,9-12H2,(H,26,30). The lowest BCUT2D eigenvalue weighted by Crippen LogP contribution is -2.41. The van der Waals surface area contributed by atoms with Crippen LogP contribution in [0.25, 0.3) is 16.2 Å². The molecule has 162 valence electrons. The lowest BCUT2D eigenvalue weighted by molar-refractivity contribution is -0.121. The Hall–Kier alpha value is -3.16. The molecule has 8 heteroatoms. The minimum atomic E-state index is -0.108. The second-order valence-electron chi connectivity index (χ2n) is 7.86. The molecule has 1 aliphatic rings. The minimum Gasteiger partial charge on any atom is -0.339 e. The van der Waals surface area contributed by atoms with E-state index in [0.29, 0.717) is 36.5 Å². The molecule has 0 atom stereocenters. The van der Waals surface area contributed by atoms with Gasteiger partial charge in [0.05, 0.1) is 5.69 Å². The maximum Gasteiger partial charge on any atom is 0.253 e. The van der Waals surface area contributed by atoms with Gasteiger partial charge in [0.1, 0.15) is 0 Å². The Balaban J connectivity index is 1.16. The highest BCUT2D eigenvalue weighted by Gasteiger charge is 2.28. The van der Waals surface area contributed by atoms with Crippen LogP contribution in [-0.2, 0) is 4.79 Å². The largest absolute Gasteiger partial charge is 0.339 e. The van der Waals surface area contributed by atoms with Crippen molar-refractivity contribution in [1.82, 2.24) is 14.3 Å². The zero-order chi connectivity index (χ0) is 22.1. The van der Waals surface area contributed by atoms with Crippen LogP contribution < -0.4 is 5.32 Å². The number of carbonyl (C=O) groups excluding carboxylic acids is 2. The number of halogens is 1. The van der Waals surface area contributed by atoms with Gasteiger partial charge in [-0.05, 0) is 49.2 Å². The third kappa shape index (κ3) is 4.26.